The first-order valence-electron chi connectivity index (χ1n) is 8.84. The van der Waals surface area contributed by atoms with Crippen LogP contribution in [0.4, 0.5) is 8.78 Å². The van der Waals surface area contributed by atoms with Gasteiger partial charge >= 0.3 is 0 Å². The molecule has 3 aromatic rings. The second-order valence-electron chi connectivity index (χ2n) is 6.53. The van der Waals surface area contributed by atoms with E-state index in [0.29, 0.717) is 31.7 Å². The summed E-state index contributed by atoms with van der Waals surface area (Å²) in [5.41, 5.74) is 0.728. The average Bonchev–Trinajstić information content (AvgIpc) is 3.33. The van der Waals surface area contributed by atoms with E-state index in [4.69, 9.17) is 9.26 Å². The van der Waals surface area contributed by atoms with E-state index in [-0.39, 0.29) is 24.3 Å². The van der Waals surface area contributed by atoms with Gasteiger partial charge in [-0.05, 0) is 18.2 Å². The first-order chi connectivity index (χ1) is 13.1. The number of aromatic nitrogens is 2. The Morgan fingerprint density at radius 2 is 2.07 bits per heavy atom. The fourth-order valence-corrected chi connectivity index (χ4v) is 3.44. The van der Waals surface area contributed by atoms with Crippen LogP contribution in [0.15, 0.2) is 47.2 Å². The molecule has 4 rings (SSSR count). The summed E-state index contributed by atoms with van der Waals surface area (Å²) >= 11 is 0. The molecule has 0 saturated carbocycles. The fourth-order valence-electron chi connectivity index (χ4n) is 3.44. The quantitative estimate of drug-likeness (QED) is 0.684. The summed E-state index contributed by atoms with van der Waals surface area (Å²) in [5.74, 6) is 0.747. The normalized spacial score (nSPS) is 15.6. The molecule has 1 aromatic carbocycles. The molecule has 0 unspecified atom stereocenters. The van der Waals surface area contributed by atoms with Crippen molar-refractivity contribution in [1.29, 1.82) is 0 Å². The molecule has 0 N–H and O–H groups in total. The third-order valence-electron chi connectivity index (χ3n) is 4.78. The number of likely N-dealkylation sites (tertiary alicyclic amines) is 1. The van der Waals surface area contributed by atoms with Crippen molar-refractivity contribution < 1.29 is 22.8 Å². The molecule has 0 radical (unpaired) electrons. The summed E-state index contributed by atoms with van der Waals surface area (Å²) in [7, 11) is 0. The van der Waals surface area contributed by atoms with Gasteiger partial charge in [-0.1, -0.05) is 11.2 Å². The van der Waals surface area contributed by atoms with Crippen LogP contribution < -0.4 is 4.74 Å². The van der Waals surface area contributed by atoms with E-state index in [1.54, 1.807) is 23.2 Å². The Bertz CT molecular complexity index is 916. The Hall–Kier alpha value is -2.90. The highest BCUT2D eigenvalue weighted by atomic mass is 19.3. The van der Waals surface area contributed by atoms with Crippen molar-refractivity contribution in [3.05, 3.63) is 48.5 Å². The smallest absolute Gasteiger partial charge is 0.292 e. The minimum Gasteiger partial charge on any atom is -0.490 e. The predicted molar refractivity (Wildman–Crippen MR) is 94.0 cm³/mol. The number of alkyl halides is 2. The first-order valence-corrected chi connectivity index (χ1v) is 8.84. The van der Waals surface area contributed by atoms with Gasteiger partial charge in [0.15, 0.2) is 0 Å². The Morgan fingerprint density at radius 3 is 2.78 bits per heavy atom. The highest BCUT2D eigenvalue weighted by Crippen LogP contribution is 2.29. The van der Waals surface area contributed by atoms with Gasteiger partial charge < -0.3 is 18.7 Å². The van der Waals surface area contributed by atoms with Gasteiger partial charge in [-0.3, -0.25) is 4.79 Å². The van der Waals surface area contributed by atoms with Crippen molar-refractivity contribution in [2.24, 2.45) is 0 Å². The second-order valence-corrected chi connectivity index (χ2v) is 6.53. The molecule has 0 spiro atoms. The number of hydrogen-bond donors (Lipinski definition) is 0. The molecule has 3 heterocycles. The zero-order chi connectivity index (χ0) is 18.8. The zero-order valence-electron chi connectivity index (χ0n) is 14.6. The van der Waals surface area contributed by atoms with Gasteiger partial charge in [0.2, 0.25) is 5.76 Å². The van der Waals surface area contributed by atoms with Gasteiger partial charge in [-0.2, -0.15) is 0 Å². The maximum Gasteiger partial charge on any atom is 0.292 e. The lowest BCUT2D eigenvalue weighted by Crippen LogP contribution is -2.41. The van der Waals surface area contributed by atoms with Gasteiger partial charge in [0.05, 0.1) is 18.3 Å². The van der Waals surface area contributed by atoms with Crippen LogP contribution in [0.5, 0.6) is 5.75 Å². The number of amides is 1. The molecule has 1 amide bonds. The molecule has 0 atom stereocenters. The van der Waals surface area contributed by atoms with Crippen molar-refractivity contribution in [2.45, 2.75) is 31.9 Å². The van der Waals surface area contributed by atoms with Crippen LogP contribution in [0.1, 0.15) is 23.4 Å². The lowest BCUT2D eigenvalue weighted by molar-refractivity contribution is 0.0560. The summed E-state index contributed by atoms with van der Waals surface area (Å²) in [6, 6.07) is 8.82. The minimum atomic E-state index is -2.41. The summed E-state index contributed by atoms with van der Waals surface area (Å²) < 4.78 is 38.0. The third kappa shape index (κ3) is 3.65. The Balaban J connectivity index is 1.42. The SMILES string of the molecule is O=C(c1ccno1)N1CCC(Oc2cccc3c2ccn3CC(F)F)CC1. The minimum absolute atomic E-state index is 0.0344. The molecule has 1 saturated heterocycles. The largest absolute Gasteiger partial charge is 0.490 e. The highest BCUT2D eigenvalue weighted by Gasteiger charge is 2.26. The van der Waals surface area contributed by atoms with Gasteiger partial charge in [0, 0.05) is 43.6 Å². The topological polar surface area (TPSA) is 60.5 Å². The number of fused-ring (bicyclic) bond motifs is 1. The average molecular weight is 375 g/mol. The van der Waals surface area contributed by atoms with Crippen LogP contribution in [0.25, 0.3) is 10.9 Å². The monoisotopic (exact) mass is 375 g/mol. The number of benzene rings is 1. The van der Waals surface area contributed by atoms with E-state index in [2.05, 4.69) is 5.16 Å². The molecule has 8 heteroatoms. The molecule has 6 nitrogen and oxygen atoms in total. The molecule has 27 heavy (non-hydrogen) atoms. The molecule has 1 fully saturated rings. The fraction of sp³-hybridized carbons (Fsp3) is 0.368. The zero-order valence-corrected chi connectivity index (χ0v) is 14.6. The van der Waals surface area contributed by atoms with Gasteiger partial charge in [-0.15, -0.1) is 0 Å². The molecule has 0 bridgehead atoms. The van der Waals surface area contributed by atoms with Crippen LogP contribution >= 0.6 is 0 Å². The van der Waals surface area contributed by atoms with E-state index in [9.17, 15) is 13.6 Å². The van der Waals surface area contributed by atoms with Crippen molar-refractivity contribution >= 4 is 16.8 Å². The molecule has 142 valence electrons. The Labute approximate surface area is 154 Å². The van der Waals surface area contributed by atoms with Crippen molar-refractivity contribution in [3.8, 4) is 5.75 Å². The lowest BCUT2D eigenvalue weighted by atomic mass is 10.1. The van der Waals surface area contributed by atoms with E-state index in [1.165, 1.54) is 10.8 Å². The summed E-state index contributed by atoms with van der Waals surface area (Å²) in [6.07, 6.45) is 2.04. The Morgan fingerprint density at radius 1 is 1.26 bits per heavy atom. The molecule has 1 aliphatic heterocycles. The summed E-state index contributed by atoms with van der Waals surface area (Å²) in [5, 5.41) is 4.38. The van der Waals surface area contributed by atoms with Crippen LogP contribution in [-0.2, 0) is 6.54 Å². The van der Waals surface area contributed by atoms with E-state index < -0.39 is 6.43 Å². The number of rotatable bonds is 5. The van der Waals surface area contributed by atoms with E-state index in [1.807, 2.05) is 18.2 Å². The molecule has 2 aromatic heterocycles. The van der Waals surface area contributed by atoms with Crippen LogP contribution in [0.2, 0.25) is 0 Å². The van der Waals surface area contributed by atoms with Crippen LogP contribution in [0, 0.1) is 0 Å². The number of piperidine rings is 1. The maximum atomic E-state index is 12.7. The molecular formula is C19H19F2N3O3. The van der Waals surface area contributed by atoms with E-state index in [0.717, 1.165) is 10.9 Å². The number of halogens is 2. The number of hydrogen-bond acceptors (Lipinski definition) is 4. The number of carbonyl (C=O) groups is 1. The lowest BCUT2D eigenvalue weighted by Gasteiger charge is -2.31. The number of nitrogens with zero attached hydrogens (tertiary/aromatic N) is 3. The summed E-state index contributed by atoms with van der Waals surface area (Å²) in [4.78, 5) is 14.0. The van der Waals surface area contributed by atoms with Crippen molar-refractivity contribution in [3.63, 3.8) is 0 Å². The van der Waals surface area contributed by atoms with Gasteiger partial charge in [0.1, 0.15) is 11.9 Å². The maximum absolute atomic E-state index is 12.7. The third-order valence-corrected chi connectivity index (χ3v) is 4.78. The van der Waals surface area contributed by atoms with Gasteiger partial charge in [-0.25, -0.2) is 8.78 Å². The van der Waals surface area contributed by atoms with E-state index >= 15 is 0 Å². The van der Waals surface area contributed by atoms with Crippen LogP contribution in [-0.4, -0.2) is 46.1 Å². The number of ether oxygens (including phenoxy) is 1. The van der Waals surface area contributed by atoms with Crippen LogP contribution in [0.3, 0.4) is 0 Å². The standard InChI is InChI=1S/C19H19F2N3O3/c20-18(21)12-24-11-7-14-15(24)2-1-3-16(14)26-13-5-9-23(10-6-13)19(25)17-4-8-22-27-17/h1-4,7-8,11,13,18H,5-6,9-10,12H2. The van der Waals surface area contributed by atoms with Crippen molar-refractivity contribution in [2.75, 3.05) is 13.1 Å². The van der Waals surface area contributed by atoms with Gasteiger partial charge in [0.25, 0.3) is 12.3 Å². The Kier molecular flexibility index (Phi) is 4.79. The molecule has 1 aliphatic rings. The summed E-state index contributed by atoms with van der Waals surface area (Å²) in [6.45, 7) is 0.786. The first kappa shape index (κ1) is 17.5. The molecular weight excluding hydrogens is 356 g/mol. The van der Waals surface area contributed by atoms with Crippen molar-refractivity contribution in [1.82, 2.24) is 14.6 Å². The predicted octanol–water partition coefficient (Wildman–Crippen LogP) is 3.58. The highest BCUT2D eigenvalue weighted by molar-refractivity contribution is 5.91. The number of carbonyl (C=O) groups excluding carboxylic acids is 1. The molecule has 0 aliphatic carbocycles. The second kappa shape index (κ2) is 7.38.